The Labute approximate surface area is 244 Å². The van der Waals surface area contributed by atoms with E-state index in [1.54, 1.807) is 0 Å². The molecule has 8 nitrogen and oxygen atoms in total. The van der Waals surface area contributed by atoms with Crippen molar-refractivity contribution in [3.05, 3.63) is 40.3 Å². The zero-order chi connectivity index (χ0) is 28.9. The maximum atomic E-state index is 14.2. The Morgan fingerprint density at radius 1 is 1.02 bits per heavy atom. The van der Waals surface area contributed by atoms with Crippen molar-refractivity contribution in [3.8, 4) is 0 Å². The number of carboxylic acids is 1. The Hall–Kier alpha value is -2.74. The monoisotopic (exact) mass is 564 g/mol. The van der Waals surface area contributed by atoms with Crippen LogP contribution in [0.25, 0.3) is 11.0 Å². The van der Waals surface area contributed by atoms with Crippen molar-refractivity contribution in [2.45, 2.75) is 128 Å². The van der Waals surface area contributed by atoms with Crippen LogP contribution in [0.5, 0.6) is 0 Å². The van der Waals surface area contributed by atoms with Crippen LogP contribution in [0.2, 0.25) is 0 Å². The average molecular weight is 565 g/mol. The Morgan fingerprint density at radius 3 is 2.39 bits per heavy atom. The van der Waals surface area contributed by atoms with Crippen molar-refractivity contribution in [1.82, 2.24) is 14.5 Å². The first-order valence-electron chi connectivity index (χ1n) is 16.1. The van der Waals surface area contributed by atoms with E-state index in [-0.39, 0.29) is 30.1 Å². The third-order valence-electron chi connectivity index (χ3n) is 9.93. The summed E-state index contributed by atoms with van der Waals surface area (Å²) in [6.45, 7) is 6.87. The molecule has 1 N–H and O–H groups in total. The molecule has 1 aromatic heterocycles. The van der Waals surface area contributed by atoms with Gasteiger partial charge in [-0.25, -0.2) is 4.98 Å². The van der Waals surface area contributed by atoms with E-state index in [0.29, 0.717) is 30.4 Å². The summed E-state index contributed by atoms with van der Waals surface area (Å²) in [7, 11) is 0. The van der Waals surface area contributed by atoms with E-state index in [9.17, 15) is 14.7 Å². The van der Waals surface area contributed by atoms with Crippen molar-refractivity contribution in [2.75, 3.05) is 6.61 Å². The van der Waals surface area contributed by atoms with Gasteiger partial charge < -0.3 is 14.5 Å². The Balaban J connectivity index is 1.46. The van der Waals surface area contributed by atoms with Gasteiger partial charge >= 0.3 is 5.97 Å². The molecule has 2 aromatic rings. The van der Waals surface area contributed by atoms with E-state index in [4.69, 9.17) is 9.82 Å². The number of oxime groups is 1. The lowest BCUT2D eigenvalue weighted by atomic mass is 9.75. The molecule has 6 atom stereocenters. The number of para-hydroxylation sites is 2. The summed E-state index contributed by atoms with van der Waals surface area (Å²) >= 11 is 0. The Kier molecular flexibility index (Phi) is 9.79. The highest BCUT2D eigenvalue weighted by Gasteiger charge is 2.44. The van der Waals surface area contributed by atoms with Crippen LogP contribution in [0.3, 0.4) is 0 Å². The number of benzene rings is 1. The number of nitrogens with zero attached hydrogens (tertiary/aromatic N) is 4. The number of carbonyl (C=O) groups is 1. The number of piperidine rings is 2. The van der Waals surface area contributed by atoms with Crippen molar-refractivity contribution in [2.24, 2.45) is 17.0 Å². The first-order valence-corrected chi connectivity index (χ1v) is 16.1. The Bertz CT molecular complexity index is 1280. The number of hydrogen-bond donors (Lipinski definition) is 1. The van der Waals surface area contributed by atoms with Crippen LogP contribution < -0.4 is 5.56 Å². The second-order valence-electron chi connectivity index (χ2n) is 12.7. The summed E-state index contributed by atoms with van der Waals surface area (Å²) in [5, 5.41) is 13.5. The van der Waals surface area contributed by atoms with Crippen molar-refractivity contribution < 1.29 is 14.7 Å². The molecule has 3 heterocycles. The van der Waals surface area contributed by atoms with Crippen molar-refractivity contribution in [1.29, 1.82) is 0 Å². The van der Waals surface area contributed by atoms with Gasteiger partial charge in [0.25, 0.3) is 5.56 Å². The number of aliphatic carboxylic acids is 1. The van der Waals surface area contributed by atoms with Gasteiger partial charge in [0.2, 0.25) is 0 Å². The number of aromatic nitrogens is 2. The maximum absolute atomic E-state index is 14.2. The fraction of sp³-hybridized carbons (Fsp3) is 0.697. The SMILES string of the molecule is CCO/N=C(\CCC(=O)O)c1nc2ccccc2n(C2C[C@H]3CCC[C@@H](C2)N3[C@H]2CCC[C@H](C[C@H](C)CC)C2)c1=O. The molecule has 224 valence electrons. The average Bonchev–Trinajstić information content (AvgIpc) is 2.96. The van der Waals surface area contributed by atoms with Crippen molar-refractivity contribution in [3.63, 3.8) is 0 Å². The van der Waals surface area contributed by atoms with Gasteiger partial charge in [0.1, 0.15) is 12.3 Å². The van der Waals surface area contributed by atoms with Gasteiger partial charge in [-0.05, 0) is 75.8 Å². The molecule has 5 rings (SSSR count). The minimum Gasteiger partial charge on any atom is -0.481 e. The van der Waals surface area contributed by atoms with Gasteiger partial charge in [0.05, 0.1) is 17.5 Å². The highest BCUT2D eigenvalue weighted by Crippen LogP contribution is 2.44. The summed E-state index contributed by atoms with van der Waals surface area (Å²) < 4.78 is 1.97. The molecular formula is C33H48N4O4. The molecule has 2 bridgehead atoms. The maximum Gasteiger partial charge on any atom is 0.303 e. The van der Waals surface area contributed by atoms with E-state index in [0.717, 1.165) is 35.7 Å². The number of rotatable bonds is 11. The molecular weight excluding hydrogens is 516 g/mol. The lowest BCUT2D eigenvalue weighted by Gasteiger charge is -2.54. The zero-order valence-corrected chi connectivity index (χ0v) is 25.1. The molecule has 0 spiro atoms. The smallest absolute Gasteiger partial charge is 0.303 e. The van der Waals surface area contributed by atoms with Crippen molar-refractivity contribution >= 4 is 22.7 Å². The van der Waals surface area contributed by atoms with Crippen LogP contribution >= 0.6 is 0 Å². The first kappa shape index (κ1) is 29.7. The quantitative estimate of drug-likeness (QED) is 0.245. The third-order valence-corrected chi connectivity index (χ3v) is 9.93. The summed E-state index contributed by atoms with van der Waals surface area (Å²) in [4.78, 5) is 38.5. The highest BCUT2D eigenvalue weighted by molar-refractivity contribution is 6.00. The lowest BCUT2D eigenvalue weighted by molar-refractivity contribution is -0.136. The lowest BCUT2D eigenvalue weighted by Crippen LogP contribution is -2.58. The van der Waals surface area contributed by atoms with Crippen LogP contribution in [0.15, 0.2) is 34.2 Å². The van der Waals surface area contributed by atoms with Crippen LogP contribution in [-0.4, -0.2) is 56.0 Å². The molecule has 2 saturated heterocycles. The second-order valence-corrected chi connectivity index (χ2v) is 12.7. The fourth-order valence-corrected chi connectivity index (χ4v) is 7.96. The first-order chi connectivity index (χ1) is 19.9. The minimum absolute atomic E-state index is 0.0769. The van der Waals surface area contributed by atoms with E-state index in [1.165, 1.54) is 57.8 Å². The molecule has 3 aliphatic rings. The van der Waals surface area contributed by atoms with Gasteiger partial charge in [0.15, 0.2) is 5.69 Å². The zero-order valence-electron chi connectivity index (χ0n) is 25.1. The van der Waals surface area contributed by atoms with Gasteiger partial charge in [-0.1, -0.05) is 56.8 Å². The topological polar surface area (TPSA) is 97.0 Å². The molecule has 3 fully saturated rings. The third kappa shape index (κ3) is 6.68. The molecule has 1 aromatic carbocycles. The molecule has 1 saturated carbocycles. The number of carboxylic acid groups (broad SMARTS) is 1. The van der Waals surface area contributed by atoms with E-state index in [1.807, 2.05) is 35.8 Å². The Morgan fingerprint density at radius 2 is 1.71 bits per heavy atom. The predicted molar refractivity (Wildman–Crippen MR) is 162 cm³/mol. The standard InChI is InChI=1S/C33H48N4O4/c1-4-22(3)18-23-10-8-11-24(19-23)36-25-12-9-13-26(36)21-27(20-25)37-30-15-7-6-14-28(30)34-32(33(37)40)29(35-41-5-2)16-17-31(38)39/h6-7,14-15,22-27H,4-5,8-13,16-21H2,1-3H3,(H,38,39)/b35-29+/t22-,23-,24+,25-,26+,27?/m1/s1. The van der Waals surface area contributed by atoms with Crippen LogP contribution in [0.1, 0.15) is 116 Å². The van der Waals surface area contributed by atoms with Gasteiger partial charge in [-0.2, -0.15) is 0 Å². The van der Waals surface area contributed by atoms with Gasteiger partial charge in [-0.15, -0.1) is 0 Å². The molecule has 0 radical (unpaired) electrons. The molecule has 2 aliphatic heterocycles. The molecule has 1 unspecified atom stereocenters. The van der Waals surface area contributed by atoms with Crippen LogP contribution in [0, 0.1) is 11.8 Å². The summed E-state index contributed by atoms with van der Waals surface area (Å²) in [5.74, 6) is 0.701. The van der Waals surface area contributed by atoms with Gasteiger partial charge in [-0.3, -0.25) is 14.5 Å². The van der Waals surface area contributed by atoms with E-state index in [2.05, 4.69) is 23.9 Å². The van der Waals surface area contributed by atoms with Crippen LogP contribution in [0.4, 0.5) is 0 Å². The highest BCUT2D eigenvalue weighted by atomic mass is 16.6. The predicted octanol–water partition coefficient (Wildman–Crippen LogP) is 6.55. The summed E-state index contributed by atoms with van der Waals surface area (Å²) in [6.07, 6.45) is 13.5. The summed E-state index contributed by atoms with van der Waals surface area (Å²) in [5.41, 5.74) is 1.92. The van der Waals surface area contributed by atoms with Gasteiger partial charge in [0, 0.05) is 30.6 Å². The number of hydrogen-bond acceptors (Lipinski definition) is 6. The fourth-order valence-electron chi connectivity index (χ4n) is 7.96. The van der Waals surface area contributed by atoms with E-state index >= 15 is 0 Å². The van der Waals surface area contributed by atoms with E-state index < -0.39 is 5.97 Å². The summed E-state index contributed by atoms with van der Waals surface area (Å²) in [6, 6.07) is 9.54. The molecule has 0 amide bonds. The second kappa shape index (κ2) is 13.5. The number of fused-ring (bicyclic) bond motifs is 3. The van der Waals surface area contributed by atoms with Crippen LogP contribution in [-0.2, 0) is 9.63 Å². The normalized spacial score (nSPS) is 28.0. The molecule has 1 aliphatic carbocycles. The molecule has 41 heavy (non-hydrogen) atoms. The minimum atomic E-state index is -0.940. The molecule has 8 heteroatoms. The largest absolute Gasteiger partial charge is 0.481 e.